The largest absolute Gasteiger partial charge is 0.345 e. The number of benzene rings is 3. The van der Waals surface area contributed by atoms with Gasteiger partial charge in [-0.15, -0.1) is 0 Å². The molecule has 4 aromatic rings. The Morgan fingerprint density at radius 2 is 1.69 bits per heavy atom. The molecule has 0 unspecified atom stereocenters. The minimum atomic E-state index is -0.376. The monoisotopic (exact) mass is 419 g/mol. The van der Waals surface area contributed by atoms with E-state index in [1.54, 1.807) is 6.08 Å². The fourth-order valence-corrected chi connectivity index (χ4v) is 4.11. The average molecular weight is 420 g/mol. The van der Waals surface area contributed by atoms with Gasteiger partial charge in [-0.25, -0.2) is 0 Å². The molecular formula is C28H25N3O. The summed E-state index contributed by atoms with van der Waals surface area (Å²) in [5, 5.41) is 14.9. The van der Waals surface area contributed by atoms with Gasteiger partial charge < -0.3 is 9.88 Å². The summed E-state index contributed by atoms with van der Waals surface area (Å²) in [6.45, 7) is 5.96. The molecule has 32 heavy (non-hydrogen) atoms. The number of aryl methyl sites for hydroxylation is 1. The van der Waals surface area contributed by atoms with E-state index in [2.05, 4.69) is 40.2 Å². The SMILES string of the molecule is Cc1cc(/C=C(/C#N)C(=O)N[C@@H](C)c2ccccc2)c(C)n1-c1cccc2ccccc12. The summed E-state index contributed by atoms with van der Waals surface area (Å²) >= 11 is 0. The summed E-state index contributed by atoms with van der Waals surface area (Å²) in [7, 11) is 0. The first-order valence-electron chi connectivity index (χ1n) is 10.6. The first-order chi connectivity index (χ1) is 15.5. The molecule has 1 aromatic heterocycles. The smallest absolute Gasteiger partial charge is 0.262 e. The molecule has 0 spiro atoms. The van der Waals surface area contributed by atoms with Crippen LogP contribution in [0.4, 0.5) is 0 Å². The lowest BCUT2D eigenvalue weighted by Gasteiger charge is -2.14. The standard InChI is InChI=1S/C28H25N3O/c1-19-16-24(17-25(18-29)28(32)30-20(2)22-10-5-4-6-11-22)21(3)31(19)27-15-9-13-23-12-7-8-14-26(23)27/h4-17,20H,1-3H3,(H,30,32)/b25-17-/t20-/m0/s1. The van der Waals surface area contributed by atoms with Crippen molar-refractivity contribution in [2.24, 2.45) is 0 Å². The molecule has 1 atom stereocenters. The van der Waals surface area contributed by atoms with Crippen LogP contribution in [0, 0.1) is 25.2 Å². The highest BCUT2D eigenvalue weighted by Crippen LogP contribution is 2.28. The number of nitrogens with one attached hydrogen (secondary N) is 1. The Balaban J connectivity index is 1.68. The second kappa shape index (κ2) is 8.95. The maximum Gasteiger partial charge on any atom is 0.262 e. The fraction of sp³-hybridized carbons (Fsp3) is 0.143. The highest BCUT2D eigenvalue weighted by molar-refractivity contribution is 6.02. The molecular weight excluding hydrogens is 394 g/mol. The number of nitriles is 1. The number of amides is 1. The molecule has 0 aliphatic rings. The summed E-state index contributed by atoms with van der Waals surface area (Å²) < 4.78 is 2.17. The molecule has 0 aliphatic heterocycles. The minimum absolute atomic E-state index is 0.0888. The molecule has 1 N–H and O–H groups in total. The van der Waals surface area contributed by atoms with Crippen LogP contribution in [0.15, 0.2) is 84.4 Å². The molecule has 0 saturated carbocycles. The van der Waals surface area contributed by atoms with Gasteiger partial charge in [0.15, 0.2) is 0 Å². The Morgan fingerprint density at radius 1 is 1.00 bits per heavy atom. The third-order valence-electron chi connectivity index (χ3n) is 5.79. The third kappa shape index (κ3) is 4.06. The number of rotatable bonds is 5. The lowest BCUT2D eigenvalue weighted by Crippen LogP contribution is -2.27. The number of nitrogens with zero attached hydrogens (tertiary/aromatic N) is 2. The highest BCUT2D eigenvalue weighted by Gasteiger charge is 2.16. The predicted octanol–water partition coefficient (Wildman–Crippen LogP) is 6.03. The predicted molar refractivity (Wildman–Crippen MR) is 129 cm³/mol. The van der Waals surface area contributed by atoms with Gasteiger partial charge in [-0.3, -0.25) is 4.79 Å². The van der Waals surface area contributed by atoms with E-state index in [0.29, 0.717) is 0 Å². The molecule has 0 saturated heterocycles. The molecule has 0 radical (unpaired) electrons. The zero-order chi connectivity index (χ0) is 22.7. The van der Waals surface area contributed by atoms with Gasteiger partial charge in [-0.1, -0.05) is 66.7 Å². The van der Waals surface area contributed by atoms with Crippen molar-refractivity contribution in [3.8, 4) is 11.8 Å². The van der Waals surface area contributed by atoms with Crippen LogP contribution in [0.2, 0.25) is 0 Å². The number of hydrogen-bond donors (Lipinski definition) is 1. The summed E-state index contributed by atoms with van der Waals surface area (Å²) in [5.41, 5.74) is 5.04. The van der Waals surface area contributed by atoms with Crippen LogP contribution in [0.3, 0.4) is 0 Å². The van der Waals surface area contributed by atoms with Crippen molar-refractivity contribution < 1.29 is 4.79 Å². The molecule has 0 aliphatic carbocycles. The topological polar surface area (TPSA) is 57.8 Å². The van der Waals surface area contributed by atoms with Crippen molar-refractivity contribution in [1.29, 1.82) is 5.26 Å². The number of aromatic nitrogens is 1. The molecule has 4 heteroatoms. The van der Waals surface area contributed by atoms with Gasteiger partial charge in [0.25, 0.3) is 5.91 Å². The molecule has 4 rings (SSSR count). The van der Waals surface area contributed by atoms with Gasteiger partial charge in [-0.05, 0) is 55.5 Å². The van der Waals surface area contributed by atoms with Crippen LogP contribution in [-0.4, -0.2) is 10.5 Å². The molecule has 3 aromatic carbocycles. The molecule has 1 heterocycles. The van der Waals surface area contributed by atoms with Crippen molar-refractivity contribution in [2.45, 2.75) is 26.8 Å². The lowest BCUT2D eigenvalue weighted by molar-refractivity contribution is -0.117. The molecule has 0 fully saturated rings. The van der Waals surface area contributed by atoms with Crippen molar-refractivity contribution >= 4 is 22.8 Å². The lowest BCUT2D eigenvalue weighted by atomic mass is 10.1. The Bertz CT molecular complexity index is 1350. The summed E-state index contributed by atoms with van der Waals surface area (Å²) in [5.74, 6) is -0.376. The van der Waals surface area contributed by atoms with Gasteiger partial charge in [0.1, 0.15) is 11.6 Å². The van der Waals surface area contributed by atoms with Crippen LogP contribution < -0.4 is 5.32 Å². The second-order valence-electron chi connectivity index (χ2n) is 7.94. The quantitative estimate of drug-likeness (QED) is 0.317. The Morgan fingerprint density at radius 3 is 2.44 bits per heavy atom. The maximum absolute atomic E-state index is 12.8. The van der Waals surface area contributed by atoms with Crippen molar-refractivity contribution in [3.63, 3.8) is 0 Å². The Kier molecular flexibility index (Phi) is 5.91. The third-order valence-corrected chi connectivity index (χ3v) is 5.79. The highest BCUT2D eigenvalue weighted by atomic mass is 16.1. The van der Waals surface area contributed by atoms with Crippen LogP contribution in [-0.2, 0) is 4.79 Å². The molecule has 0 bridgehead atoms. The van der Waals surface area contributed by atoms with E-state index in [9.17, 15) is 10.1 Å². The van der Waals surface area contributed by atoms with Crippen molar-refractivity contribution in [3.05, 3.63) is 107 Å². The van der Waals surface area contributed by atoms with Gasteiger partial charge in [0.05, 0.1) is 11.7 Å². The van der Waals surface area contributed by atoms with Crippen LogP contribution >= 0.6 is 0 Å². The van der Waals surface area contributed by atoms with Gasteiger partial charge >= 0.3 is 0 Å². The first kappa shape index (κ1) is 21.1. The van der Waals surface area contributed by atoms with E-state index in [4.69, 9.17) is 0 Å². The minimum Gasteiger partial charge on any atom is -0.345 e. The Labute approximate surface area is 188 Å². The van der Waals surface area contributed by atoms with E-state index < -0.39 is 0 Å². The first-order valence-corrected chi connectivity index (χ1v) is 10.6. The van der Waals surface area contributed by atoms with E-state index in [0.717, 1.165) is 33.6 Å². The van der Waals surface area contributed by atoms with Crippen LogP contribution in [0.1, 0.15) is 35.5 Å². The van der Waals surface area contributed by atoms with E-state index in [1.807, 2.05) is 75.4 Å². The van der Waals surface area contributed by atoms with Crippen molar-refractivity contribution in [1.82, 2.24) is 9.88 Å². The van der Waals surface area contributed by atoms with E-state index in [1.165, 1.54) is 5.39 Å². The maximum atomic E-state index is 12.8. The fourth-order valence-electron chi connectivity index (χ4n) is 4.11. The van der Waals surface area contributed by atoms with E-state index >= 15 is 0 Å². The molecule has 4 nitrogen and oxygen atoms in total. The Hall–Kier alpha value is -4.10. The zero-order valence-corrected chi connectivity index (χ0v) is 18.5. The zero-order valence-electron chi connectivity index (χ0n) is 18.5. The van der Waals surface area contributed by atoms with Crippen LogP contribution in [0.5, 0.6) is 0 Å². The molecule has 158 valence electrons. The van der Waals surface area contributed by atoms with Gasteiger partial charge in [0, 0.05) is 16.8 Å². The summed E-state index contributed by atoms with van der Waals surface area (Å²) in [4.78, 5) is 12.8. The van der Waals surface area contributed by atoms with Crippen LogP contribution in [0.25, 0.3) is 22.5 Å². The van der Waals surface area contributed by atoms with Crippen molar-refractivity contribution in [2.75, 3.05) is 0 Å². The number of carbonyl (C=O) groups excluding carboxylic acids is 1. The average Bonchev–Trinajstić information content (AvgIpc) is 3.10. The van der Waals surface area contributed by atoms with E-state index in [-0.39, 0.29) is 17.5 Å². The summed E-state index contributed by atoms with van der Waals surface area (Å²) in [6, 6.07) is 28.1. The summed E-state index contributed by atoms with van der Waals surface area (Å²) in [6.07, 6.45) is 1.68. The number of carbonyl (C=O) groups is 1. The normalized spacial score (nSPS) is 12.4. The van der Waals surface area contributed by atoms with Gasteiger partial charge in [0.2, 0.25) is 0 Å². The van der Waals surface area contributed by atoms with Gasteiger partial charge in [-0.2, -0.15) is 5.26 Å². The molecule has 1 amide bonds. The second-order valence-corrected chi connectivity index (χ2v) is 7.94. The number of fused-ring (bicyclic) bond motifs is 1. The number of hydrogen-bond acceptors (Lipinski definition) is 2.